The van der Waals surface area contributed by atoms with E-state index in [0.29, 0.717) is 0 Å². The molecule has 0 spiro atoms. The molecular formula is C19H18N2O2. The van der Waals surface area contributed by atoms with Gasteiger partial charge in [-0.2, -0.15) is 10.1 Å². The lowest BCUT2D eigenvalue weighted by molar-refractivity contribution is -0.140. The summed E-state index contributed by atoms with van der Waals surface area (Å²) in [6, 6.07) is 9.83. The number of fused-ring (bicyclic) bond motifs is 1. The summed E-state index contributed by atoms with van der Waals surface area (Å²) in [5, 5.41) is 5.20. The van der Waals surface area contributed by atoms with Crippen LogP contribution in [0, 0.1) is 23.7 Å². The van der Waals surface area contributed by atoms with Crippen LogP contribution in [0.1, 0.15) is 18.4 Å². The first-order valence-electron chi connectivity index (χ1n) is 8.07. The molecule has 0 unspecified atom stereocenters. The van der Waals surface area contributed by atoms with Gasteiger partial charge in [0.05, 0.1) is 11.8 Å². The fraction of sp³-hybridized carbons (Fsp3) is 0.316. The largest absolute Gasteiger partial charge is 0.272 e. The quantitative estimate of drug-likeness (QED) is 0.490. The van der Waals surface area contributed by atoms with Gasteiger partial charge in [-0.3, -0.25) is 9.59 Å². The van der Waals surface area contributed by atoms with Gasteiger partial charge in [-0.05, 0) is 36.3 Å². The molecule has 1 aromatic carbocycles. The second kappa shape index (κ2) is 5.61. The van der Waals surface area contributed by atoms with Gasteiger partial charge in [0.1, 0.15) is 0 Å². The molecule has 2 bridgehead atoms. The molecule has 1 saturated carbocycles. The molecule has 4 aliphatic rings. The van der Waals surface area contributed by atoms with E-state index in [9.17, 15) is 9.59 Å². The Hall–Kier alpha value is -2.49. The minimum atomic E-state index is -0.193. The molecule has 116 valence electrons. The minimum absolute atomic E-state index is 0.136. The van der Waals surface area contributed by atoms with Crippen molar-refractivity contribution in [3.05, 3.63) is 54.1 Å². The van der Waals surface area contributed by atoms with E-state index < -0.39 is 0 Å². The van der Waals surface area contributed by atoms with Gasteiger partial charge in [-0.15, -0.1) is 0 Å². The Morgan fingerprint density at radius 2 is 1.57 bits per heavy atom. The average molecular weight is 306 g/mol. The number of carbonyl (C=O) groups excluding carboxylic acids is 2. The van der Waals surface area contributed by atoms with E-state index in [1.165, 1.54) is 6.21 Å². The van der Waals surface area contributed by atoms with Gasteiger partial charge in [-0.25, -0.2) is 0 Å². The maximum absolute atomic E-state index is 12.5. The Kier molecular flexibility index (Phi) is 3.45. The SMILES string of the molecule is O=C1[C@H]2[C@H](C(=O)N1N=C/C=C\c1ccccc1)[C@H]1C=C[C@H]2CC1. The molecule has 1 aliphatic heterocycles. The summed E-state index contributed by atoms with van der Waals surface area (Å²) in [6.45, 7) is 0. The van der Waals surface area contributed by atoms with Crippen LogP contribution in [0.5, 0.6) is 0 Å². The summed E-state index contributed by atoms with van der Waals surface area (Å²) in [4.78, 5) is 25.1. The number of nitrogens with zero attached hydrogens (tertiary/aromatic N) is 2. The smallest absolute Gasteiger partial charge is 0.254 e. The van der Waals surface area contributed by atoms with Gasteiger partial charge in [0.15, 0.2) is 0 Å². The number of amides is 2. The van der Waals surface area contributed by atoms with E-state index in [-0.39, 0.29) is 35.5 Å². The highest BCUT2D eigenvalue weighted by atomic mass is 16.2. The first-order chi connectivity index (χ1) is 11.3. The zero-order valence-corrected chi connectivity index (χ0v) is 12.7. The lowest BCUT2D eigenvalue weighted by Gasteiger charge is -2.37. The maximum atomic E-state index is 12.5. The predicted octanol–water partition coefficient (Wildman–Crippen LogP) is 2.88. The van der Waals surface area contributed by atoms with E-state index in [0.717, 1.165) is 23.4 Å². The first kappa shape index (κ1) is 14.1. The number of hydrazone groups is 1. The summed E-state index contributed by atoms with van der Waals surface area (Å²) in [5.74, 6) is -0.238. The Balaban J connectivity index is 1.50. The topological polar surface area (TPSA) is 49.7 Å². The monoisotopic (exact) mass is 306 g/mol. The molecule has 3 aliphatic carbocycles. The Morgan fingerprint density at radius 3 is 2.13 bits per heavy atom. The van der Waals surface area contributed by atoms with E-state index >= 15 is 0 Å². The molecule has 4 heteroatoms. The van der Waals surface area contributed by atoms with Crippen molar-refractivity contribution in [2.45, 2.75) is 12.8 Å². The van der Waals surface area contributed by atoms with Crippen LogP contribution in [0.25, 0.3) is 6.08 Å². The van der Waals surface area contributed by atoms with Crippen LogP contribution in [0.15, 0.2) is 53.7 Å². The zero-order valence-electron chi connectivity index (χ0n) is 12.7. The molecule has 4 nitrogen and oxygen atoms in total. The number of hydrogen-bond donors (Lipinski definition) is 0. The van der Waals surface area contributed by atoms with Crippen molar-refractivity contribution in [3.63, 3.8) is 0 Å². The molecule has 0 radical (unpaired) electrons. The van der Waals surface area contributed by atoms with Crippen LogP contribution in [-0.2, 0) is 9.59 Å². The molecule has 2 amide bonds. The highest BCUT2D eigenvalue weighted by molar-refractivity contribution is 6.06. The van der Waals surface area contributed by atoms with E-state index in [4.69, 9.17) is 0 Å². The Morgan fingerprint density at radius 1 is 0.957 bits per heavy atom. The van der Waals surface area contributed by atoms with Crippen molar-refractivity contribution in [1.29, 1.82) is 0 Å². The lowest BCUT2D eigenvalue weighted by Crippen LogP contribution is -2.38. The minimum Gasteiger partial charge on any atom is -0.272 e. The summed E-state index contributed by atoms with van der Waals surface area (Å²) in [7, 11) is 0. The first-order valence-corrected chi connectivity index (χ1v) is 8.07. The van der Waals surface area contributed by atoms with E-state index in [1.807, 2.05) is 36.4 Å². The van der Waals surface area contributed by atoms with Crippen LogP contribution in [0.3, 0.4) is 0 Å². The number of rotatable bonds is 3. The number of allylic oxidation sites excluding steroid dienone is 3. The van der Waals surface area contributed by atoms with Crippen LogP contribution in [0.2, 0.25) is 0 Å². The lowest BCUT2D eigenvalue weighted by atomic mass is 9.63. The predicted molar refractivity (Wildman–Crippen MR) is 88.2 cm³/mol. The molecule has 5 rings (SSSR count). The van der Waals surface area contributed by atoms with Gasteiger partial charge < -0.3 is 0 Å². The van der Waals surface area contributed by atoms with Crippen LogP contribution in [0.4, 0.5) is 0 Å². The second-order valence-corrected chi connectivity index (χ2v) is 6.36. The highest BCUT2D eigenvalue weighted by Gasteiger charge is 2.56. The highest BCUT2D eigenvalue weighted by Crippen LogP contribution is 2.49. The van der Waals surface area contributed by atoms with E-state index in [2.05, 4.69) is 17.3 Å². The molecule has 4 atom stereocenters. The Labute approximate surface area is 135 Å². The van der Waals surface area contributed by atoms with Gasteiger partial charge in [0, 0.05) is 6.21 Å². The third-order valence-corrected chi connectivity index (χ3v) is 5.09. The summed E-state index contributed by atoms with van der Waals surface area (Å²) >= 11 is 0. The van der Waals surface area contributed by atoms with Crippen LogP contribution >= 0.6 is 0 Å². The summed E-state index contributed by atoms with van der Waals surface area (Å²) in [5.41, 5.74) is 1.05. The molecule has 0 aromatic heterocycles. The number of hydrogen-bond acceptors (Lipinski definition) is 3. The van der Waals surface area contributed by atoms with Crippen LogP contribution in [-0.4, -0.2) is 23.0 Å². The molecule has 0 N–H and O–H groups in total. The molecule has 23 heavy (non-hydrogen) atoms. The van der Waals surface area contributed by atoms with Crippen molar-refractivity contribution in [2.24, 2.45) is 28.8 Å². The molecule has 1 saturated heterocycles. The van der Waals surface area contributed by atoms with Gasteiger partial charge in [0.2, 0.25) is 0 Å². The van der Waals surface area contributed by atoms with Crippen molar-refractivity contribution < 1.29 is 9.59 Å². The third kappa shape index (κ3) is 2.34. The number of imide groups is 1. The second-order valence-electron chi connectivity index (χ2n) is 6.36. The summed E-state index contributed by atoms with van der Waals surface area (Å²) < 4.78 is 0. The maximum Gasteiger partial charge on any atom is 0.254 e. The molecular weight excluding hydrogens is 288 g/mol. The van der Waals surface area contributed by atoms with Crippen molar-refractivity contribution in [1.82, 2.24) is 5.01 Å². The average Bonchev–Trinajstić information content (AvgIpc) is 2.87. The van der Waals surface area contributed by atoms with Crippen molar-refractivity contribution in [3.8, 4) is 0 Å². The van der Waals surface area contributed by atoms with Gasteiger partial charge in [0.25, 0.3) is 11.8 Å². The Bertz CT molecular complexity index is 688. The fourth-order valence-electron chi connectivity index (χ4n) is 4.00. The summed E-state index contributed by atoms with van der Waals surface area (Å²) in [6.07, 6.45) is 11.4. The van der Waals surface area contributed by atoms with Gasteiger partial charge in [-0.1, -0.05) is 48.6 Å². The van der Waals surface area contributed by atoms with Crippen molar-refractivity contribution in [2.75, 3.05) is 0 Å². The normalized spacial score (nSPS) is 32.4. The van der Waals surface area contributed by atoms with E-state index in [1.54, 1.807) is 6.08 Å². The fourth-order valence-corrected chi connectivity index (χ4v) is 4.00. The van der Waals surface area contributed by atoms with Crippen molar-refractivity contribution >= 4 is 24.1 Å². The van der Waals surface area contributed by atoms with Gasteiger partial charge >= 0.3 is 0 Å². The molecule has 1 aromatic rings. The zero-order chi connectivity index (χ0) is 15.8. The standard InChI is InChI=1S/C19H18N2O2/c22-18-16-14-8-9-15(11-10-14)17(16)19(23)21(18)20-12-4-7-13-5-2-1-3-6-13/h1-9,12,14-17H,10-11H2/b7-4-,20-12?/t14-,15-,16+,17+/m0/s1. The van der Waals surface area contributed by atoms with Crippen LogP contribution < -0.4 is 0 Å². The number of benzene rings is 1. The third-order valence-electron chi connectivity index (χ3n) is 5.09. The molecule has 2 fully saturated rings. The molecule has 1 heterocycles. The number of carbonyl (C=O) groups is 2.